The number of carbonyl (C=O) groups is 1. The molecule has 0 saturated heterocycles. The molecule has 1 amide bonds. The minimum absolute atomic E-state index is 0.187. The highest BCUT2D eigenvalue weighted by molar-refractivity contribution is 7.13. The highest BCUT2D eigenvalue weighted by Crippen LogP contribution is 2.23. The quantitative estimate of drug-likeness (QED) is 0.646. The molecule has 1 N–H and O–H groups in total. The third-order valence-corrected chi connectivity index (χ3v) is 4.29. The van der Waals surface area contributed by atoms with Gasteiger partial charge in [-0.05, 0) is 43.3 Å². The molecular weight excluding hydrogens is 332 g/mol. The summed E-state index contributed by atoms with van der Waals surface area (Å²) >= 11 is 1.59. The highest BCUT2D eigenvalue weighted by atomic mass is 32.1. The van der Waals surface area contributed by atoms with Crippen LogP contribution in [0.2, 0.25) is 0 Å². The molecule has 1 heterocycles. The Balaban J connectivity index is 1.64. The molecule has 4 nitrogen and oxygen atoms in total. The van der Waals surface area contributed by atoms with Gasteiger partial charge in [-0.3, -0.25) is 4.79 Å². The van der Waals surface area contributed by atoms with E-state index in [1.165, 1.54) is 6.08 Å². The lowest BCUT2D eigenvalue weighted by molar-refractivity contribution is -0.111. The maximum Gasteiger partial charge on any atom is 0.248 e. The van der Waals surface area contributed by atoms with Crippen molar-refractivity contribution in [2.24, 2.45) is 0 Å². The lowest BCUT2D eigenvalue weighted by atomic mass is 10.2. The van der Waals surface area contributed by atoms with Crippen molar-refractivity contribution in [3.05, 3.63) is 71.7 Å². The topological polar surface area (TPSA) is 51.2 Å². The molecule has 0 unspecified atom stereocenters. The molecule has 0 radical (unpaired) electrons. The average Bonchev–Trinajstić information content (AvgIpc) is 3.17. The van der Waals surface area contributed by atoms with Crippen LogP contribution in [0.3, 0.4) is 0 Å². The Kier molecular flexibility index (Phi) is 5.59. The van der Waals surface area contributed by atoms with Crippen molar-refractivity contribution in [1.29, 1.82) is 0 Å². The Labute approximate surface area is 150 Å². The van der Waals surface area contributed by atoms with Crippen molar-refractivity contribution in [3.63, 3.8) is 0 Å². The summed E-state index contributed by atoms with van der Waals surface area (Å²) in [6, 6.07) is 15.3. The van der Waals surface area contributed by atoms with Crippen LogP contribution in [-0.4, -0.2) is 17.5 Å². The molecule has 126 valence electrons. The van der Waals surface area contributed by atoms with Crippen LogP contribution in [0.25, 0.3) is 16.6 Å². The van der Waals surface area contributed by atoms with Gasteiger partial charge in [0.05, 0.1) is 6.61 Å². The van der Waals surface area contributed by atoms with Crippen LogP contribution in [0.4, 0.5) is 5.69 Å². The Morgan fingerprint density at radius 2 is 2.00 bits per heavy atom. The molecule has 3 rings (SSSR count). The molecule has 0 aliphatic carbocycles. The second-order valence-electron chi connectivity index (χ2n) is 5.21. The number of aromatic nitrogens is 1. The summed E-state index contributed by atoms with van der Waals surface area (Å²) in [5.41, 5.74) is 2.65. The Bertz CT molecular complexity index is 856. The van der Waals surface area contributed by atoms with Crippen LogP contribution in [-0.2, 0) is 4.79 Å². The van der Waals surface area contributed by atoms with Gasteiger partial charge >= 0.3 is 0 Å². The van der Waals surface area contributed by atoms with Crippen LogP contribution in [0.5, 0.6) is 5.75 Å². The molecule has 1 aromatic heterocycles. The summed E-state index contributed by atoms with van der Waals surface area (Å²) in [4.78, 5) is 16.4. The summed E-state index contributed by atoms with van der Waals surface area (Å²) in [5.74, 6) is 0.579. The molecule has 5 heteroatoms. The van der Waals surface area contributed by atoms with E-state index in [2.05, 4.69) is 10.3 Å². The van der Waals surface area contributed by atoms with Gasteiger partial charge < -0.3 is 10.1 Å². The summed E-state index contributed by atoms with van der Waals surface area (Å²) in [7, 11) is 0. The van der Waals surface area contributed by atoms with Crippen LogP contribution in [0.1, 0.15) is 12.5 Å². The number of anilines is 1. The maximum absolute atomic E-state index is 12.1. The third-order valence-electron chi connectivity index (χ3n) is 3.46. The second-order valence-corrected chi connectivity index (χ2v) is 6.10. The first-order valence-corrected chi connectivity index (χ1v) is 8.85. The monoisotopic (exact) mass is 350 g/mol. The van der Waals surface area contributed by atoms with Crippen molar-refractivity contribution in [2.75, 3.05) is 11.9 Å². The molecule has 3 aromatic rings. The van der Waals surface area contributed by atoms with Gasteiger partial charge in [0.2, 0.25) is 5.91 Å². The van der Waals surface area contributed by atoms with Gasteiger partial charge in [-0.25, -0.2) is 4.98 Å². The van der Waals surface area contributed by atoms with E-state index < -0.39 is 0 Å². The number of thiazole rings is 1. The fourth-order valence-electron chi connectivity index (χ4n) is 2.32. The van der Waals surface area contributed by atoms with Crippen molar-refractivity contribution in [3.8, 4) is 16.3 Å². The van der Waals surface area contributed by atoms with Crippen molar-refractivity contribution < 1.29 is 9.53 Å². The molecule has 0 spiro atoms. The van der Waals surface area contributed by atoms with Crippen molar-refractivity contribution in [1.82, 2.24) is 4.98 Å². The molecule has 25 heavy (non-hydrogen) atoms. The van der Waals surface area contributed by atoms with Crippen molar-refractivity contribution >= 4 is 29.0 Å². The summed E-state index contributed by atoms with van der Waals surface area (Å²) in [6.45, 7) is 2.52. The van der Waals surface area contributed by atoms with Gasteiger partial charge in [0.15, 0.2) is 0 Å². The first-order valence-electron chi connectivity index (χ1n) is 7.97. The zero-order valence-corrected chi connectivity index (χ0v) is 14.6. The molecule has 0 aliphatic rings. The zero-order valence-electron chi connectivity index (χ0n) is 13.8. The van der Waals surface area contributed by atoms with E-state index in [4.69, 9.17) is 4.74 Å². The zero-order chi connectivity index (χ0) is 17.5. The maximum atomic E-state index is 12.1. The number of nitrogens with zero attached hydrogens (tertiary/aromatic N) is 1. The number of hydrogen-bond donors (Lipinski definition) is 1. The van der Waals surface area contributed by atoms with E-state index in [0.29, 0.717) is 6.61 Å². The lowest BCUT2D eigenvalue weighted by Crippen LogP contribution is -2.07. The van der Waals surface area contributed by atoms with Gasteiger partial charge in [0, 0.05) is 34.5 Å². The first kappa shape index (κ1) is 16.9. The minimum Gasteiger partial charge on any atom is -0.493 e. The smallest absolute Gasteiger partial charge is 0.248 e. The van der Waals surface area contributed by atoms with E-state index in [0.717, 1.165) is 27.6 Å². The third kappa shape index (κ3) is 4.55. The Hall–Kier alpha value is -2.92. The standard InChI is InChI=1S/C20H18N2O2S/c1-2-24-18-6-4-3-5-15(18)9-12-19(23)22-17-10-7-16(8-11-17)20-21-13-14-25-20/h3-14H,2H2,1H3,(H,22,23)/b12-9+. The average molecular weight is 350 g/mol. The van der Waals surface area contributed by atoms with Crippen LogP contribution >= 0.6 is 11.3 Å². The van der Waals surface area contributed by atoms with Gasteiger partial charge in [0.25, 0.3) is 0 Å². The highest BCUT2D eigenvalue weighted by Gasteiger charge is 2.03. The Morgan fingerprint density at radius 1 is 1.20 bits per heavy atom. The number of para-hydroxylation sites is 1. The fraction of sp³-hybridized carbons (Fsp3) is 0.100. The summed E-state index contributed by atoms with van der Waals surface area (Å²) in [6.07, 6.45) is 5.04. The molecule has 0 aliphatic heterocycles. The van der Waals surface area contributed by atoms with Gasteiger partial charge in [-0.1, -0.05) is 18.2 Å². The lowest BCUT2D eigenvalue weighted by Gasteiger charge is -2.06. The fourth-order valence-corrected chi connectivity index (χ4v) is 2.96. The van der Waals surface area contributed by atoms with E-state index in [1.54, 1.807) is 23.6 Å². The van der Waals surface area contributed by atoms with E-state index in [1.807, 2.05) is 60.8 Å². The molecule has 0 saturated carbocycles. The Morgan fingerprint density at radius 3 is 2.72 bits per heavy atom. The van der Waals surface area contributed by atoms with E-state index >= 15 is 0 Å². The summed E-state index contributed by atoms with van der Waals surface area (Å²) < 4.78 is 5.55. The van der Waals surface area contributed by atoms with Crippen LogP contribution < -0.4 is 10.1 Å². The van der Waals surface area contributed by atoms with E-state index in [9.17, 15) is 4.79 Å². The predicted molar refractivity (Wildman–Crippen MR) is 103 cm³/mol. The number of hydrogen-bond acceptors (Lipinski definition) is 4. The number of benzene rings is 2. The number of nitrogens with one attached hydrogen (secondary N) is 1. The molecule has 0 fully saturated rings. The van der Waals surface area contributed by atoms with Crippen LogP contribution in [0, 0.1) is 0 Å². The second kappa shape index (κ2) is 8.26. The molecule has 0 atom stereocenters. The first-order chi connectivity index (χ1) is 12.3. The molecule has 0 bridgehead atoms. The number of carbonyl (C=O) groups excluding carboxylic acids is 1. The normalized spacial score (nSPS) is 10.8. The largest absolute Gasteiger partial charge is 0.493 e. The number of amides is 1. The SMILES string of the molecule is CCOc1ccccc1/C=C/C(=O)Nc1ccc(-c2nccs2)cc1. The summed E-state index contributed by atoms with van der Waals surface area (Å²) in [5, 5.41) is 5.76. The predicted octanol–water partition coefficient (Wildman–Crippen LogP) is 4.86. The van der Waals surface area contributed by atoms with Gasteiger partial charge in [-0.15, -0.1) is 11.3 Å². The number of ether oxygens (including phenoxy) is 1. The molecule has 2 aromatic carbocycles. The number of rotatable bonds is 6. The van der Waals surface area contributed by atoms with Gasteiger partial charge in [0.1, 0.15) is 10.8 Å². The van der Waals surface area contributed by atoms with Crippen LogP contribution in [0.15, 0.2) is 66.2 Å². The van der Waals surface area contributed by atoms with Crippen molar-refractivity contribution in [2.45, 2.75) is 6.92 Å². The minimum atomic E-state index is -0.187. The van der Waals surface area contributed by atoms with E-state index in [-0.39, 0.29) is 5.91 Å². The van der Waals surface area contributed by atoms with Gasteiger partial charge in [-0.2, -0.15) is 0 Å². The molecular formula is C20H18N2O2S.